The number of rotatable bonds is 2. The maximum Gasteiger partial charge on any atom is 0.339 e. The van der Waals surface area contributed by atoms with E-state index in [1.54, 1.807) is 0 Å². The Labute approximate surface area is 539 Å². The summed E-state index contributed by atoms with van der Waals surface area (Å²) in [5, 5.41) is 0. The Bertz CT molecular complexity index is 3480. The number of benzene rings is 10. The number of methoxy groups -OCH3 is 2. The zero-order chi connectivity index (χ0) is 60.8. The first-order chi connectivity index (χ1) is 43.7. The number of carbonyl (C=O) groups is 2. The van der Waals surface area contributed by atoms with Crippen molar-refractivity contribution in [2.45, 2.75) is 46.0 Å². The van der Waals surface area contributed by atoms with Crippen molar-refractivity contribution in [3.8, 4) is 67.5 Å². The maximum atomic E-state index is 13.5. The molecule has 8 nitrogen and oxygen atoms in total. The van der Waals surface area contributed by atoms with Gasteiger partial charge in [0, 0.05) is 46.0 Å². The molecule has 0 amide bonds. The molecule has 0 radical (unpaired) electrons. The van der Waals surface area contributed by atoms with Crippen molar-refractivity contribution < 1.29 is 38.0 Å². The lowest BCUT2D eigenvalue weighted by atomic mass is 9.91. The van der Waals surface area contributed by atoms with E-state index < -0.39 is 5.41 Å². The van der Waals surface area contributed by atoms with Gasteiger partial charge in [-0.15, -0.1) is 0 Å². The minimum atomic E-state index is -0.783. The van der Waals surface area contributed by atoms with Crippen LogP contribution in [0.15, 0.2) is 231 Å². The van der Waals surface area contributed by atoms with Gasteiger partial charge in [0.05, 0.1) is 25.3 Å². The minimum Gasteiger partial charge on any atom is -0.493 e. The molecule has 0 N–H and O–H groups in total. The van der Waals surface area contributed by atoms with Gasteiger partial charge in [-0.2, -0.15) is 47.0 Å². The first kappa shape index (κ1) is 61.0. The van der Waals surface area contributed by atoms with Crippen LogP contribution in [0.1, 0.15) is 65.2 Å². The normalized spacial score (nSPS) is 14.7. The number of carbonyl (C=O) groups excluding carboxylic acids is 2. The van der Waals surface area contributed by atoms with E-state index in [-0.39, 0.29) is 38.4 Å². The van der Waals surface area contributed by atoms with Crippen LogP contribution in [0.4, 0.5) is 0 Å². The van der Waals surface area contributed by atoms with Crippen LogP contribution in [-0.4, -0.2) is 52.6 Å². The van der Waals surface area contributed by atoms with Crippen LogP contribution >= 0.6 is 47.0 Å². The van der Waals surface area contributed by atoms with Crippen molar-refractivity contribution in [2.75, 3.05) is 40.6 Å². The zero-order valence-electron chi connectivity index (χ0n) is 49.8. The van der Waals surface area contributed by atoms with Crippen LogP contribution < -0.4 is 18.9 Å². The van der Waals surface area contributed by atoms with E-state index >= 15 is 0 Å². The minimum absolute atomic E-state index is 0.252. The fourth-order valence-corrected chi connectivity index (χ4v) is 14.7. The monoisotopic (exact) mass is 1250 g/mol. The zero-order valence-corrected chi connectivity index (χ0v) is 53.1. The number of ether oxygens (including phenoxy) is 6. The Morgan fingerprint density at radius 3 is 0.674 bits per heavy atom. The van der Waals surface area contributed by atoms with E-state index in [4.69, 9.17) is 28.4 Å². The van der Waals surface area contributed by atoms with Crippen molar-refractivity contribution in [1.82, 2.24) is 0 Å². The Kier molecular flexibility index (Phi) is 20.1. The molecule has 14 aliphatic heterocycles. The summed E-state index contributed by atoms with van der Waals surface area (Å²) in [6.07, 6.45) is 0. The Balaban J connectivity index is 0.805. The van der Waals surface area contributed by atoms with Crippen LogP contribution in [0.2, 0.25) is 0 Å². The van der Waals surface area contributed by atoms with Crippen molar-refractivity contribution in [3.63, 3.8) is 0 Å². The van der Waals surface area contributed by atoms with Crippen LogP contribution in [0.25, 0.3) is 44.5 Å². The van der Waals surface area contributed by atoms with Gasteiger partial charge >= 0.3 is 11.9 Å². The van der Waals surface area contributed by atoms with Gasteiger partial charge in [0.15, 0.2) is 0 Å². The molecule has 0 atom stereocenters. The van der Waals surface area contributed by atoms with Crippen molar-refractivity contribution in [1.29, 1.82) is 0 Å². The molecule has 0 saturated carbocycles. The van der Waals surface area contributed by atoms with Gasteiger partial charge in [0.1, 0.15) is 54.8 Å². The highest BCUT2D eigenvalue weighted by atomic mass is 32.2. The first-order valence-corrected chi connectivity index (χ1v) is 34.3. The molecule has 0 aliphatic carbocycles. The second-order valence-electron chi connectivity index (χ2n) is 22.4. The summed E-state index contributed by atoms with van der Waals surface area (Å²) in [6, 6.07) is 79.5. The van der Waals surface area contributed by atoms with E-state index in [9.17, 15) is 9.59 Å². The Morgan fingerprint density at radius 2 is 0.483 bits per heavy atom. The molecule has 448 valence electrons. The molecule has 14 aliphatic rings. The summed E-state index contributed by atoms with van der Waals surface area (Å²) >= 11 is 7.39. The summed E-state index contributed by atoms with van der Waals surface area (Å²) in [4.78, 5) is 26.9. The van der Waals surface area contributed by atoms with Gasteiger partial charge in [-0.05, 0) is 138 Å². The predicted octanol–water partition coefficient (Wildman–Crippen LogP) is 18.9. The quantitative estimate of drug-likeness (QED) is 0.154. The first-order valence-electron chi connectivity index (χ1n) is 29.7. The van der Waals surface area contributed by atoms with Crippen LogP contribution in [-0.2, 0) is 55.5 Å². The topological polar surface area (TPSA) is 89.5 Å². The average Bonchev–Trinajstić information content (AvgIpc) is 3.75. The molecule has 10 aromatic carbocycles. The van der Waals surface area contributed by atoms with Gasteiger partial charge in [-0.3, -0.25) is 0 Å². The maximum absolute atomic E-state index is 13.5. The molecule has 1 spiro atoms. The molecule has 89 heavy (non-hydrogen) atoms. The largest absolute Gasteiger partial charge is 0.493 e. The lowest BCUT2D eigenvalue weighted by molar-refractivity contribution is -0.00353. The number of hydrogen-bond acceptors (Lipinski definition) is 12. The molecule has 0 saturated heterocycles. The molecule has 0 aromatic heterocycles. The smallest absolute Gasteiger partial charge is 0.339 e. The fraction of sp³-hybridized carbons (Fsp3) is 0.195. The Hall–Kier alpha value is -8.26. The lowest BCUT2D eigenvalue weighted by Crippen LogP contribution is -2.45. The van der Waals surface area contributed by atoms with Gasteiger partial charge in [0.25, 0.3) is 0 Å². The third-order valence-corrected chi connectivity index (χ3v) is 20.3. The Morgan fingerprint density at radius 1 is 0.292 bits per heavy atom. The van der Waals surface area contributed by atoms with Gasteiger partial charge in [-0.25, -0.2) is 9.59 Å². The summed E-state index contributed by atoms with van der Waals surface area (Å²) in [6.45, 7) is 1.01. The average molecular weight is 1250 g/mol. The number of esters is 2. The third kappa shape index (κ3) is 15.6. The molecule has 24 rings (SSSR count). The fourth-order valence-electron chi connectivity index (χ4n) is 10.9. The summed E-state index contributed by atoms with van der Waals surface area (Å²) < 4.78 is 37.9. The highest BCUT2D eigenvalue weighted by Gasteiger charge is 2.36. The van der Waals surface area contributed by atoms with Gasteiger partial charge < -0.3 is 28.4 Å². The number of hydrogen-bond donors (Lipinski definition) is 0. The van der Waals surface area contributed by atoms with Crippen molar-refractivity contribution in [3.05, 3.63) is 286 Å². The molecular formula is C77H68O8S4. The van der Waals surface area contributed by atoms with E-state index in [0.29, 0.717) is 11.1 Å². The van der Waals surface area contributed by atoms with Gasteiger partial charge in [0.2, 0.25) is 0 Å². The molecular weight excluding hydrogens is 1180 g/mol. The molecule has 10 aromatic rings. The molecule has 0 unspecified atom stereocenters. The molecule has 12 heteroatoms. The van der Waals surface area contributed by atoms with E-state index in [1.807, 2.05) is 132 Å². The standard InChI is InChI=1S/C77H68O8S4/c1-80-75(78)73-69-5-3-6-70(73)62-27-11-54(12-28-62)42-87-46-58-19-35-66(36-20-58)83-50-77(49-82-65-33-17-57(18-34-65)45-86-41-53-9-25-61(69)26-10-53)51-84-67-37-21-59(22-38-67)47-88-43-55-13-29-63(30-14-55)71-7-4-8-72(74(71)76(79)81-2)64-31-15-56(16-32-64)44-89-48-60-23-39-68(40-24-60)85-52-77/h3-40H,41-52H2,1-2H3. The number of thioether (sulfide) groups is 4. The predicted molar refractivity (Wildman–Crippen MR) is 367 cm³/mol. The lowest BCUT2D eigenvalue weighted by Gasteiger charge is -2.33. The second-order valence-corrected chi connectivity index (χ2v) is 26.4. The van der Waals surface area contributed by atoms with E-state index in [0.717, 1.165) is 114 Å². The van der Waals surface area contributed by atoms with Gasteiger partial charge in [-0.1, -0.05) is 182 Å². The second kappa shape index (κ2) is 29.4. The highest BCUT2D eigenvalue weighted by molar-refractivity contribution is 7.98. The van der Waals surface area contributed by atoms with E-state index in [2.05, 4.69) is 146 Å². The molecule has 0 fully saturated rings. The van der Waals surface area contributed by atoms with Crippen LogP contribution in [0.5, 0.6) is 23.0 Å². The summed E-state index contributed by atoms with van der Waals surface area (Å²) in [7, 11) is 2.89. The van der Waals surface area contributed by atoms with Crippen molar-refractivity contribution in [2.24, 2.45) is 5.41 Å². The highest BCUT2D eigenvalue weighted by Crippen LogP contribution is 2.38. The SMILES string of the molecule is COC(=O)c1c2cccc1-c1ccc(cc1)CSCc1ccc(cc1)OCC1(COc3ccc(cc3)CSCc3ccc-2cc3)COc2ccc(cc2)CSCc2ccc(cc2)-c2cccc(c2C(=O)OC)-c2ccc(cc2)CSCc2ccc(cc2)OC1. The van der Waals surface area contributed by atoms with Crippen molar-refractivity contribution >= 4 is 59.0 Å². The summed E-state index contributed by atoms with van der Waals surface area (Å²) in [5.41, 5.74) is 17.1. The molecule has 14 heterocycles. The van der Waals surface area contributed by atoms with E-state index in [1.165, 1.54) is 58.7 Å². The molecule has 20 bridgehead atoms. The third-order valence-electron chi connectivity index (χ3n) is 16.0. The summed E-state index contributed by atoms with van der Waals surface area (Å²) in [5.74, 6) is 8.83. The van der Waals surface area contributed by atoms with Crippen LogP contribution in [0, 0.1) is 5.41 Å². The van der Waals surface area contributed by atoms with Crippen LogP contribution in [0.3, 0.4) is 0 Å².